The van der Waals surface area contributed by atoms with Crippen molar-refractivity contribution in [3.05, 3.63) is 18.2 Å². The molecule has 1 aromatic heterocycles. The number of imidazole rings is 1. The standard InChI is InChI=1S/C8H15N3O/c1-3-11-6-10-4-7(11)8(2,12)5-9/h4,6,12H,3,5,9H2,1-2H3. The molecule has 1 aromatic rings. The zero-order valence-corrected chi connectivity index (χ0v) is 7.49. The Hall–Kier alpha value is -0.870. The summed E-state index contributed by atoms with van der Waals surface area (Å²) in [6.07, 6.45) is 3.34. The van der Waals surface area contributed by atoms with E-state index in [-0.39, 0.29) is 6.54 Å². The molecule has 0 amide bonds. The van der Waals surface area contributed by atoms with E-state index in [4.69, 9.17) is 5.73 Å². The van der Waals surface area contributed by atoms with E-state index in [9.17, 15) is 5.11 Å². The van der Waals surface area contributed by atoms with E-state index in [0.717, 1.165) is 12.2 Å². The van der Waals surface area contributed by atoms with Crippen LogP contribution in [0.15, 0.2) is 12.5 Å². The summed E-state index contributed by atoms with van der Waals surface area (Å²) >= 11 is 0. The van der Waals surface area contributed by atoms with Crippen LogP contribution in [0.5, 0.6) is 0 Å². The fraction of sp³-hybridized carbons (Fsp3) is 0.625. The average molecular weight is 169 g/mol. The van der Waals surface area contributed by atoms with Gasteiger partial charge < -0.3 is 15.4 Å². The molecule has 0 aliphatic heterocycles. The lowest BCUT2D eigenvalue weighted by Gasteiger charge is -2.21. The topological polar surface area (TPSA) is 64.1 Å². The Labute approximate surface area is 72.0 Å². The lowest BCUT2D eigenvalue weighted by atomic mass is 10.0. The van der Waals surface area contributed by atoms with Crippen LogP contribution < -0.4 is 5.73 Å². The number of aliphatic hydroxyl groups is 1. The Morgan fingerprint density at radius 2 is 2.42 bits per heavy atom. The van der Waals surface area contributed by atoms with Gasteiger partial charge in [-0.1, -0.05) is 0 Å². The van der Waals surface area contributed by atoms with Gasteiger partial charge in [-0.2, -0.15) is 0 Å². The number of nitrogens with two attached hydrogens (primary N) is 1. The fourth-order valence-electron chi connectivity index (χ4n) is 1.13. The maximum Gasteiger partial charge on any atom is 0.115 e. The first kappa shape index (κ1) is 9.22. The van der Waals surface area contributed by atoms with Crippen LogP contribution in [0, 0.1) is 0 Å². The number of hydrogen-bond donors (Lipinski definition) is 2. The van der Waals surface area contributed by atoms with E-state index in [1.165, 1.54) is 0 Å². The molecule has 1 atom stereocenters. The zero-order chi connectivity index (χ0) is 9.19. The Kier molecular flexibility index (Phi) is 2.49. The first-order valence-electron chi connectivity index (χ1n) is 4.05. The van der Waals surface area contributed by atoms with E-state index < -0.39 is 5.60 Å². The van der Waals surface area contributed by atoms with Crippen LogP contribution in [0.25, 0.3) is 0 Å². The molecule has 1 rings (SSSR count). The first-order valence-corrected chi connectivity index (χ1v) is 4.05. The normalized spacial score (nSPS) is 16.0. The number of hydrogen-bond acceptors (Lipinski definition) is 3. The predicted molar refractivity (Wildman–Crippen MR) is 46.5 cm³/mol. The molecular weight excluding hydrogens is 154 g/mol. The van der Waals surface area contributed by atoms with Crippen molar-refractivity contribution in [3.8, 4) is 0 Å². The van der Waals surface area contributed by atoms with Crippen LogP contribution in [0.3, 0.4) is 0 Å². The highest BCUT2D eigenvalue weighted by Gasteiger charge is 2.24. The lowest BCUT2D eigenvalue weighted by Crippen LogP contribution is -2.33. The minimum absolute atomic E-state index is 0.207. The van der Waals surface area contributed by atoms with E-state index in [1.54, 1.807) is 19.4 Å². The Morgan fingerprint density at radius 3 is 2.92 bits per heavy atom. The van der Waals surface area contributed by atoms with Crippen LogP contribution >= 0.6 is 0 Å². The lowest BCUT2D eigenvalue weighted by molar-refractivity contribution is 0.0584. The molecule has 12 heavy (non-hydrogen) atoms. The summed E-state index contributed by atoms with van der Waals surface area (Å²) in [7, 11) is 0. The van der Waals surface area contributed by atoms with Crippen LogP contribution in [-0.4, -0.2) is 21.2 Å². The quantitative estimate of drug-likeness (QED) is 0.673. The third kappa shape index (κ3) is 1.49. The highest BCUT2D eigenvalue weighted by atomic mass is 16.3. The van der Waals surface area contributed by atoms with Crippen molar-refractivity contribution in [3.63, 3.8) is 0 Å². The summed E-state index contributed by atoms with van der Waals surface area (Å²) in [5.74, 6) is 0. The van der Waals surface area contributed by atoms with Gasteiger partial charge in [0, 0.05) is 13.1 Å². The molecule has 0 aliphatic carbocycles. The highest BCUT2D eigenvalue weighted by molar-refractivity contribution is 5.09. The van der Waals surface area contributed by atoms with E-state index in [1.807, 2.05) is 11.5 Å². The van der Waals surface area contributed by atoms with Crippen LogP contribution in [0.4, 0.5) is 0 Å². The molecule has 0 saturated heterocycles. The summed E-state index contributed by atoms with van der Waals surface area (Å²) in [5.41, 5.74) is 5.24. The summed E-state index contributed by atoms with van der Waals surface area (Å²) in [6, 6.07) is 0. The van der Waals surface area contributed by atoms with Crippen molar-refractivity contribution in [1.29, 1.82) is 0 Å². The predicted octanol–water partition coefficient (Wildman–Crippen LogP) is 0.0692. The number of aryl methyl sites for hydroxylation is 1. The van der Waals surface area contributed by atoms with Gasteiger partial charge in [-0.3, -0.25) is 0 Å². The minimum atomic E-state index is -0.966. The molecule has 0 saturated carbocycles. The van der Waals surface area contributed by atoms with Gasteiger partial charge in [0.15, 0.2) is 0 Å². The molecule has 0 aromatic carbocycles. The van der Waals surface area contributed by atoms with Gasteiger partial charge in [-0.25, -0.2) is 4.98 Å². The second-order valence-corrected chi connectivity index (χ2v) is 3.04. The third-order valence-corrected chi connectivity index (χ3v) is 2.00. The summed E-state index contributed by atoms with van der Waals surface area (Å²) in [6.45, 7) is 4.69. The van der Waals surface area contributed by atoms with E-state index in [0.29, 0.717) is 0 Å². The molecule has 4 heteroatoms. The zero-order valence-electron chi connectivity index (χ0n) is 7.49. The maximum absolute atomic E-state index is 9.81. The molecule has 1 heterocycles. The molecular formula is C8H15N3O. The van der Waals surface area contributed by atoms with E-state index >= 15 is 0 Å². The van der Waals surface area contributed by atoms with Gasteiger partial charge in [0.1, 0.15) is 5.60 Å². The minimum Gasteiger partial charge on any atom is -0.383 e. The molecule has 0 radical (unpaired) electrons. The Morgan fingerprint density at radius 1 is 1.75 bits per heavy atom. The van der Waals surface area contributed by atoms with Gasteiger partial charge in [-0.05, 0) is 13.8 Å². The van der Waals surface area contributed by atoms with E-state index in [2.05, 4.69) is 4.98 Å². The molecule has 0 spiro atoms. The molecule has 68 valence electrons. The summed E-state index contributed by atoms with van der Waals surface area (Å²) in [5, 5.41) is 9.81. The number of nitrogens with zero attached hydrogens (tertiary/aromatic N) is 2. The summed E-state index contributed by atoms with van der Waals surface area (Å²) < 4.78 is 1.88. The molecule has 0 aliphatic rings. The first-order chi connectivity index (χ1) is 5.61. The van der Waals surface area contributed by atoms with Crippen LogP contribution in [-0.2, 0) is 12.1 Å². The SMILES string of the molecule is CCn1cncc1C(C)(O)CN. The average Bonchev–Trinajstić information content (AvgIpc) is 2.52. The molecule has 0 fully saturated rings. The maximum atomic E-state index is 9.81. The van der Waals surface area contributed by atoms with Crippen molar-refractivity contribution in [2.45, 2.75) is 26.0 Å². The van der Waals surface area contributed by atoms with Crippen molar-refractivity contribution in [2.75, 3.05) is 6.54 Å². The second kappa shape index (κ2) is 3.25. The molecule has 4 nitrogen and oxygen atoms in total. The largest absolute Gasteiger partial charge is 0.383 e. The summed E-state index contributed by atoms with van der Waals surface area (Å²) in [4.78, 5) is 3.95. The fourth-order valence-corrected chi connectivity index (χ4v) is 1.13. The second-order valence-electron chi connectivity index (χ2n) is 3.04. The van der Waals surface area contributed by atoms with Crippen molar-refractivity contribution >= 4 is 0 Å². The highest BCUT2D eigenvalue weighted by Crippen LogP contribution is 2.17. The molecule has 0 bridgehead atoms. The van der Waals surface area contributed by atoms with Gasteiger partial charge in [0.25, 0.3) is 0 Å². The van der Waals surface area contributed by atoms with Gasteiger partial charge >= 0.3 is 0 Å². The third-order valence-electron chi connectivity index (χ3n) is 2.00. The number of aromatic nitrogens is 2. The monoisotopic (exact) mass is 169 g/mol. The molecule has 3 N–H and O–H groups in total. The van der Waals surface area contributed by atoms with Gasteiger partial charge in [-0.15, -0.1) is 0 Å². The smallest absolute Gasteiger partial charge is 0.115 e. The van der Waals surface area contributed by atoms with Gasteiger partial charge in [0.2, 0.25) is 0 Å². The van der Waals surface area contributed by atoms with Crippen LogP contribution in [0.1, 0.15) is 19.5 Å². The Bertz CT molecular complexity index is 255. The molecule has 1 unspecified atom stereocenters. The van der Waals surface area contributed by atoms with Crippen molar-refractivity contribution < 1.29 is 5.11 Å². The van der Waals surface area contributed by atoms with Crippen molar-refractivity contribution in [2.24, 2.45) is 5.73 Å². The van der Waals surface area contributed by atoms with Crippen LogP contribution in [0.2, 0.25) is 0 Å². The van der Waals surface area contributed by atoms with Gasteiger partial charge in [0.05, 0.1) is 18.2 Å². The Balaban J connectivity index is 3.00. The number of rotatable bonds is 3. The van der Waals surface area contributed by atoms with Crippen molar-refractivity contribution in [1.82, 2.24) is 9.55 Å².